The van der Waals surface area contributed by atoms with Gasteiger partial charge in [0.15, 0.2) is 5.16 Å². The van der Waals surface area contributed by atoms with Crippen LogP contribution in [-0.4, -0.2) is 31.0 Å². The molecule has 0 atom stereocenters. The number of thioether (sulfide) groups is 1. The fourth-order valence-electron chi connectivity index (χ4n) is 3.67. The molecule has 0 saturated heterocycles. The van der Waals surface area contributed by atoms with Gasteiger partial charge in [0.05, 0.1) is 28.2 Å². The molecule has 172 valence electrons. The van der Waals surface area contributed by atoms with Crippen molar-refractivity contribution in [3.05, 3.63) is 68.6 Å². The van der Waals surface area contributed by atoms with E-state index in [0.29, 0.717) is 23.5 Å². The van der Waals surface area contributed by atoms with E-state index < -0.39 is 0 Å². The molecule has 33 heavy (non-hydrogen) atoms. The molecule has 1 N–H and O–H groups in total. The van der Waals surface area contributed by atoms with Gasteiger partial charge >= 0.3 is 0 Å². The normalized spacial score (nSPS) is 11.3. The summed E-state index contributed by atoms with van der Waals surface area (Å²) in [6, 6.07) is 12.0. The van der Waals surface area contributed by atoms with Crippen LogP contribution in [0.5, 0.6) is 0 Å². The average molecular weight is 482 g/mol. The molecule has 0 spiro atoms. The lowest BCUT2D eigenvalue weighted by atomic mass is 10.1. The number of nitrogens with zero attached hydrogens (tertiary/aromatic N) is 4. The first-order valence-electron chi connectivity index (χ1n) is 10.9. The maximum atomic E-state index is 13.3. The van der Waals surface area contributed by atoms with Crippen LogP contribution in [0.3, 0.4) is 0 Å². The van der Waals surface area contributed by atoms with Crippen molar-refractivity contribution in [1.29, 1.82) is 0 Å². The summed E-state index contributed by atoms with van der Waals surface area (Å²) in [5.41, 5.74) is 3.52. The second kappa shape index (κ2) is 9.93. The van der Waals surface area contributed by atoms with Gasteiger partial charge in [0.2, 0.25) is 5.91 Å². The molecule has 1 aromatic carbocycles. The first-order chi connectivity index (χ1) is 15.9. The van der Waals surface area contributed by atoms with E-state index in [4.69, 9.17) is 4.98 Å². The van der Waals surface area contributed by atoms with Crippen molar-refractivity contribution in [2.24, 2.45) is 7.05 Å². The number of fused-ring (bicyclic) bond motifs is 1. The number of anilines is 1. The van der Waals surface area contributed by atoms with Gasteiger partial charge in [0.1, 0.15) is 4.83 Å². The fourth-order valence-corrected chi connectivity index (χ4v) is 5.51. The van der Waals surface area contributed by atoms with Gasteiger partial charge in [-0.25, -0.2) is 4.98 Å². The molecule has 0 aliphatic carbocycles. The van der Waals surface area contributed by atoms with Crippen molar-refractivity contribution < 1.29 is 4.79 Å². The number of rotatable bonds is 8. The first kappa shape index (κ1) is 23.3. The summed E-state index contributed by atoms with van der Waals surface area (Å²) in [6.07, 6.45) is 1.58. The molecule has 1 amide bonds. The molecule has 0 aliphatic heterocycles. The van der Waals surface area contributed by atoms with E-state index in [1.54, 1.807) is 20.6 Å². The molecule has 4 aromatic rings. The van der Waals surface area contributed by atoms with Gasteiger partial charge in [-0.2, -0.15) is 5.10 Å². The second-order valence-corrected chi connectivity index (χ2v) is 9.94. The van der Waals surface area contributed by atoms with Crippen molar-refractivity contribution in [2.45, 2.75) is 45.3 Å². The molecule has 0 saturated carbocycles. The Morgan fingerprint density at radius 1 is 1.21 bits per heavy atom. The van der Waals surface area contributed by atoms with Crippen LogP contribution in [0.25, 0.3) is 10.2 Å². The zero-order chi connectivity index (χ0) is 23.5. The minimum Gasteiger partial charge on any atom is -0.322 e. The molecule has 3 aromatic heterocycles. The third-order valence-electron chi connectivity index (χ3n) is 5.59. The van der Waals surface area contributed by atoms with Crippen LogP contribution < -0.4 is 10.9 Å². The van der Waals surface area contributed by atoms with Crippen molar-refractivity contribution in [3.63, 3.8) is 0 Å². The van der Waals surface area contributed by atoms with Gasteiger partial charge in [-0.1, -0.05) is 49.0 Å². The highest BCUT2D eigenvalue weighted by Crippen LogP contribution is 2.26. The van der Waals surface area contributed by atoms with E-state index in [9.17, 15) is 9.59 Å². The molecule has 0 bridgehead atoms. The third-order valence-corrected chi connectivity index (χ3v) is 7.74. The summed E-state index contributed by atoms with van der Waals surface area (Å²) in [4.78, 5) is 32.7. The highest BCUT2D eigenvalue weighted by Gasteiger charge is 2.17. The van der Waals surface area contributed by atoms with Crippen molar-refractivity contribution >= 4 is 44.9 Å². The molecule has 9 heteroatoms. The standard InChI is InChI=1S/C24H27N5O2S2/c1-5-18-13-19-22(33-18)26-24(29(23(19)31)12-11-17-9-7-6-8-10-17)32-14-20(30)25-21-15(2)27-28(4)16(21)3/h6-10,13H,5,11-12,14H2,1-4H3,(H,25,30). The van der Waals surface area contributed by atoms with Gasteiger partial charge in [-0.15, -0.1) is 11.3 Å². The number of nitrogens with one attached hydrogen (secondary N) is 1. The van der Waals surface area contributed by atoms with E-state index >= 15 is 0 Å². The van der Waals surface area contributed by atoms with Crippen LogP contribution in [0, 0.1) is 13.8 Å². The van der Waals surface area contributed by atoms with Crippen molar-refractivity contribution in [1.82, 2.24) is 19.3 Å². The van der Waals surface area contributed by atoms with Gasteiger partial charge in [-0.3, -0.25) is 18.8 Å². The first-order valence-corrected chi connectivity index (χ1v) is 12.7. The van der Waals surface area contributed by atoms with Gasteiger partial charge in [0.25, 0.3) is 5.56 Å². The number of hydrogen-bond acceptors (Lipinski definition) is 6. The van der Waals surface area contributed by atoms with Crippen LogP contribution in [0.4, 0.5) is 5.69 Å². The van der Waals surface area contributed by atoms with Gasteiger partial charge < -0.3 is 5.32 Å². The quantitative estimate of drug-likeness (QED) is 0.299. The summed E-state index contributed by atoms with van der Waals surface area (Å²) in [7, 11) is 1.85. The van der Waals surface area contributed by atoms with E-state index in [1.807, 2.05) is 45.2 Å². The second-order valence-electron chi connectivity index (χ2n) is 7.88. The maximum absolute atomic E-state index is 13.3. The molecular formula is C24H27N5O2S2. The molecular weight excluding hydrogens is 454 g/mol. The summed E-state index contributed by atoms with van der Waals surface area (Å²) in [5.74, 6) is 0.00636. The lowest BCUT2D eigenvalue weighted by molar-refractivity contribution is -0.113. The minimum atomic E-state index is -0.149. The Morgan fingerprint density at radius 2 is 1.97 bits per heavy atom. The largest absolute Gasteiger partial charge is 0.322 e. The number of hydrogen-bond donors (Lipinski definition) is 1. The zero-order valence-corrected chi connectivity index (χ0v) is 20.8. The minimum absolute atomic E-state index is 0.0475. The Morgan fingerprint density at radius 3 is 2.64 bits per heavy atom. The number of amides is 1. The summed E-state index contributed by atoms with van der Waals surface area (Å²) >= 11 is 2.84. The Kier molecular flexibility index (Phi) is 6.99. The topological polar surface area (TPSA) is 81.8 Å². The molecule has 4 rings (SSSR count). The molecule has 0 unspecified atom stereocenters. The maximum Gasteiger partial charge on any atom is 0.262 e. The lowest BCUT2D eigenvalue weighted by Gasteiger charge is -2.12. The molecule has 7 nitrogen and oxygen atoms in total. The number of thiophene rings is 1. The number of carbonyl (C=O) groups is 1. The molecule has 3 heterocycles. The molecule has 0 radical (unpaired) electrons. The van der Waals surface area contributed by atoms with Crippen LogP contribution >= 0.6 is 23.1 Å². The van der Waals surface area contributed by atoms with E-state index in [2.05, 4.69) is 29.5 Å². The van der Waals surface area contributed by atoms with E-state index in [-0.39, 0.29) is 17.2 Å². The van der Waals surface area contributed by atoms with Crippen LogP contribution in [-0.2, 0) is 31.2 Å². The Labute approximate surface area is 200 Å². The van der Waals surface area contributed by atoms with E-state index in [1.165, 1.54) is 11.8 Å². The average Bonchev–Trinajstić information content (AvgIpc) is 3.33. The van der Waals surface area contributed by atoms with Gasteiger partial charge in [0, 0.05) is 18.5 Å². The SMILES string of the molecule is CCc1cc2c(=O)n(CCc3ccccc3)c(SCC(=O)Nc3c(C)nn(C)c3C)nc2s1. The van der Waals surface area contributed by atoms with Crippen molar-refractivity contribution in [2.75, 3.05) is 11.1 Å². The number of carbonyl (C=O) groups excluding carboxylic acids is 1. The highest BCUT2D eigenvalue weighted by atomic mass is 32.2. The van der Waals surface area contributed by atoms with Crippen molar-refractivity contribution in [3.8, 4) is 0 Å². The van der Waals surface area contributed by atoms with Crippen LogP contribution in [0.1, 0.15) is 28.8 Å². The number of aryl methyl sites for hydroxylation is 4. The molecule has 0 fully saturated rings. The lowest BCUT2D eigenvalue weighted by Crippen LogP contribution is -2.24. The predicted octanol–water partition coefficient (Wildman–Crippen LogP) is 4.34. The summed E-state index contributed by atoms with van der Waals surface area (Å²) in [5, 5.41) is 8.53. The third kappa shape index (κ3) is 5.04. The smallest absolute Gasteiger partial charge is 0.262 e. The number of aromatic nitrogens is 4. The summed E-state index contributed by atoms with van der Waals surface area (Å²) < 4.78 is 3.46. The fraction of sp³-hybridized carbons (Fsp3) is 0.333. The predicted molar refractivity (Wildman–Crippen MR) is 135 cm³/mol. The monoisotopic (exact) mass is 481 g/mol. The Balaban J connectivity index is 1.59. The summed E-state index contributed by atoms with van der Waals surface area (Å²) in [6.45, 7) is 6.37. The zero-order valence-electron chi connectivity index (χ0n) is 19.2. The van der Waals surface area contributed by atoms with Crippen LogP contribution in [0.15, 0.2) is 46.3 Å². The number of benzene rings is 1. The Hall–Kier alpha value is -2.91. The van der Waals surface area contributed by atoms with Crippen LogP contribution in [0.2, 0.25) is 0 Å². The molecule has 0 aliphatic rings. The highest BCUT2D eigenvalue weighted by molar-refractivity contribution is 7.99. The van der Waals surface area contributed by atoms with E-state index in [0.717, 1.165) is 38.8 Å². The van der Waals surface area contributed by atoms with Gasteiger partial charge in [-0.05, 0) is 38.3 Å². The Bertz CT molecular complexity index is 1350.